The van der Waals surface area contributed by atoms with Gasteiger partial charge >= 0.3 is 23.9 Å². The summed E-state index contributed by atoms with van der Waals surface area (Å²) in [6.45, 7) is 0. The van der Waals surface area contributed by atoms with Gasteiger partial charge < -0.3 is 20.4 Å². The molecule has 0 amide bonds. The molecule has 0 bridgehead atoms. The normalized spacial score (nSPS) is 14.8. The summed E-state index contributed by atoms with van der Waals surface area (Å²) in [5.74, 6) is -7.48. The smallest absolute Gasteiger partial charge is 0.336 e. The van der Waals surface area contributed by atoms with Gasteiger partial charge in [-0.3, -0.25) is 0 Å². The molecule has 4 N–H and O–H groups in total. The highest BCUT2D eigenvalue weighted by atomic mass is 32.3. The largest absolute Gasteiger partial charge is 0.478 e. The van der Waals surface area contributed by atoms with Crippen LogP contribution in [0, 0.1) is 0 Å². The lowest BCUT2D eigenvalue weighted by molar-refractivity contribution is 0.0651. The van der Waals surface area contributed by atoms with Crippen LogP contribution in [0.15, 0.2) is 101 Å². The van der Waals surface area contributed by atoms with Crippen molar-refractivity contribution in [2.24, 2.45) is 0 Å². The molecule has 1 aliphatic carbocycles. The molecule has 0 atom stereocenters. The summed E-state index contributed by atoms with van der Waals surface area (Å²) < 4.78 is 53.8. The number of sulfone groups is 2. The van der Waals surface area contributed by atoms with Crippen LogP contribution in [0.4, 0.5) is 0 Å². The van der Waals surface area contributed by atoms with Gasteiger partial charge in [0, 0.05) is 5.92 Å². The van der Waals surface area contributed by atoms with Crippen LogP contribution >= 0.6 is 0 Å². The number of carboxylic acids is 4. The Morgan fingerprint density at radius 3 is 1.29 bits per heavy atom. The molecule has 0 radical (unpaired) electrons. The van der Waals surface area contributed by atoms with E-state index < -0.39 is 85.6 Å². The highest BCUT2D eigenvalue weighted by Gasteiger charge is 2.54. The second-order valence-corrected chi connectivity index (χ2v) is 13.6. The van der Waals surface area contributed by atoms with E-state index in [4.69, 9.17) is 0 Å². The number of carboxylic acid groups (broad SMARTS) is 4. The van der Waals surface area contributed by atoms with Gasteiger partial charge in [-0.1, -0.05) is 42.5 Å². The fraction of sp³-hybridized carbons (Fsp3) is 0.0714. The molecule has 0 aliphatic heterocycles. The molecule has 1 aliphatic rings. The minimum atomic E-state index is -5.17. The lowest BCUT2D eigenvalue weighted by atomic mass is 9.95. The maximum atomic E-state index is 14.2. The number of rotatable bonds is 9. The first-order valence-corrected chi connectivity index (χ1v) is 14.7. The maximum Gasteiger partial charge on any atom is 0.336 e. The van der Waals surface area contributed by atoms with Crippen LogP contribution < -0.4 is 0 Å². The Balaban J connectivity index is 2.01. The Morgan fingerprint density at radius 2 is 0.929 bits per heavy atom. The van der Waals surface area contributed by atoms with Crippen molar-refractivity contribution in [3.05, 3.63) is 119 Å². The maximum absolute atomic E-state index is 14.2. The predicted molar refractivity (Wildman–Crippen MR) is 145 cm³/mol. The van der Waals surface area contributed by atoms with Gasteiger partial charge in [-0.05, 0) is 54.1 Å². The fourth-order valence-corrected chi connectivity index (χ4v) is 9.01. The van der Waals surface area contributed by atoms with Gasteiger partial charge in [0.15, 0.2) is 0 Å². The second-order valence-electron chi connectivity index (χ2n) is 9.02. The monoisotopic (exact) mass is 612 g/mol. The fourth-order valence-electron chi connectivity index (χ4n) is 4.47. The summed E-state index contributed by atoms with van der Waals surface area (Å²) in [4.78, 5) is 44.8. The Kier molecular flexibility index (Phi) is 7.63. The molecule has 0 saturated carbocycles. The third-order valence-corrected chi connectivity index (χ3v) is 11.9. The molecule has 0 fully saturated rings. The van der Waals surface area contributed by atoms with Gasteiger partial charge in [-0.2, -0.15) is 0 Å². The van der Waals surface area contributed by atoms with Crippen LogP contribution in [0.25, 0.3) is 0 Å². The molecule has 0 unspecified atom stereocenters. The van der Waals surface area contributed by atoms with E-state index in [1.54, 1.807) is 30.3 Å². The van der Waals surface area contributed by atoms with Crippen molar-refractivity contribution < 1.29 is 56.4 Å². The summed E-state index contributed by atoms with van der Waals surface area (Å²) in [6.07, 6.45) is 4.31. The zero-order valence-electron chi connectivity index (χ0n) is 21.1. The van der Waals surface area contributed by atoms with Gasteiger partial charge in [0.1, 0.15) is 0 Å². The van der Waals surface area contributed by atoms with E-state index in [2.05, 4.69) is 0 Å². The first-order valence-electron chi connectivity index (χ1n) is 11.8. The second kappa shape index (κ2) is 10.7. The molecule has 3 aromatic rings. The van der Waals surface area contributed by atoms with Crippen molar-refractivity contribution in [2.75, 3.05) is 0 Å². The van der Waals surface area contributed by atoms with Gasteiger partial charge in [0.2, 0.25) is 23.8 Å². The van der Waals surface area contributed by atoms with Crippen LogP contribution in [0.1, 0.15) is 52.9 Å². The van der Waals surface area contributed by atoms with E-state index in [0.29, 0.717) is 29.8 Å². The van der Waals surface area contributed by atoms with Crippen molar-refractivity contribution in [1.29, 1.82) is 0 Å². The van der Waals surface area contributed by atoms with E-state index >= 15 is 0 Å². The molecule has 14 heteroatoms. The van der Waals surface area contributed by atoms with Crippen LogP contribution in [-0.2, 0) is 19.7 Å². The zero-order valence-corrected chi connectivity index (χ0v) is 22.7. The average molecular weight is 613 g/mol. The third kappa shape index (κ3) is 4.86. The van der Waals surface area contributed by atoms with E-state index in [0.717, 1.165) is 24.3 Å². The van der Waals surface area contributed by atoms with Crippen molar-refractivity contribution in [3.63, 3.8) is 0 Å². The van der Waals surface area contributed by atoms with Crippen LogP contribution in [0.5, 0.6) is 0 Å². The molecule has 0 aromatic heterocycles. The van der Waals surface area contributed by atoms with Crippen molar-refractivity contribution >= 4 is 43.6 Å². The average Bonchev–Trinajstić information content (AvgIpc) is 2.96. The summed E-state index contributed by atoms with van der Waals surface area (Å²) in [5.41, 5.74) is -2.64. The Labute approximate surface area is 238 Å². The molecule has 42 heavy (non-hydrogen) atoms. The molecule has 12 nitrogen and oxygen atoms in total. The number of allylic oxidation sites excluding steroid dienone is 2. The zero-order chi connectivity index (χ0) is 31.0. The number of aromatic carboxylic acids is 4. The molecule has 4 rings (SSSR count). The van der Waals surface area contributed by atoms with Gasteiger partial charge in [0.25, 0.3) is 0 Å². The Bertz CT molecular complexity index is 1800. The van der Waals surface area contributed by atoms with Gasteiger partial charge in [-0.15, -0.1) is 0 Å². The summed E-state index contributed by atoms with van der Waals surface area (Å²) in [5, 5.41) is 37.7. The summed E-state index contributed by atoms with van der Waals surface area (Å²) >= 11 is 0. The first-order chi connectivity index (χ1) is 19.6. The van der Waals surface area contributed by atoms with Crippen LogP contribution in [0.2, 0.25) is 0 Å². The molecular formula is C28H20O12S2. The minimum Gasteiger partial charge on any atom is -0.478 e. The SMILES string of the molecule is O=C(O)c1ccc(S(=O)(=O)C2(S(=O)(=O)c3ccc(C(=O)O)c(C(=O)O)c3)C=CC(c3ccccc3)C=C2)cc1C(=O)O. The number of carbonyl (C=O) groups is 4. The van der Waals surface area contributed by atoms with Crippen molar-refractivity contribution in [2.45, 2.75) is 19.8 Å². The predicted octanol–water partition coefficient (Wildman–Crippen LogP) is 3.33. The lowest BCUT2D eigenvalue weighted by Gasteiger charge is -2.31. The Hall–Kier alpha value is -5.08. The quantitative estimate of drug-likeness (QED) is 0.256. The molecule has 0 spiro atoms. The van der Waals surface area contributed by atoms with Gasteiger partial charge in [-0.25, -0.2) is 36.0 Å². The van der Waals surface area contributed by atoms with Crippen molar-refractivity contribution in [1.82, 2.24) is 0 Å². The number of hydrogen-bond acceptors (Lipinski definition) is 8. The minimum absolute atomic E-state index is 0.527. The van der Waals surface area contributed by atoms with Crippen molar-refractivity contribution in [3.8, 4) is 0 Å². The number of benzene rings is 3. The highest BCUT2D eigenvalue weighted by molar-refractivity contribution is 8.11. The van der Waals surface area contributed by atoms with Crippen LogP contribution in [0.3, 0.4) is 0 Å². The molecule has 216 valence electrons. The summed E-state index contributed by atoms with van der Waals surface area (Å²) in [7, 11) is -10.3. The van der Waals surface area contributed by atoms with E-state index in [9.17, 15) is 56.4 Å². The molecule has 0 saturated heterocycles. The van der Waals surface area contributed by atoms with E-state index in [1.165, 1.54) is 12.2 Å². The molecular weight excluding hydrogens is 592 g/mol. The topological polar surface area (TPSA) is 217 Å². The lowest BCUT2D eigenvalue weighted by Crippen LogP contribution is -2.44. The molecule has 0 heterocycles. The van der Waals surface area contributed by atoms with E-state index in [-0.39, 0.29) is 0 Å². The van der Waals surface area contributed by atoms with Crippen LogP contribution in [-0.4, -0.2) is 65.2 Å². The van der Waals surface area contributed by atoms with E-state index in [1.807, 2.05) is 0 Å². The highest BCUT2D eigenvalue weighted by Crippen LogP contribution is 2.43. The standard InChI is InChI=1S/C28H20O12S2/c29-24(30)20-8-6-18(14-22(20)26(33)34)41(37,38)28(12-10-17(11-13-28)16-4-2-1-3-5-16)42(39,40)19-7-9-21(25(31)32)23(15-19)27(35)36/h1-15,17H,(H,29,30)(H,31,32)(H,33,34)(H,35,36). The van der Waals surface area contributed by atoms with Gasteiger partial charge in [0.05, 0.1) is 32.0 Å². The summed E-state index contributed by atoms with van der Waals surface area (Å²) in [6, 6.07) is 12.6. The first kappa shape index (κ1) is 29.9. The molecule has 3 aromatic carbocycles. The third-order valence-electron chi connectivity index (χ3n) is 6.62. The Morgan fingerprint density at radius 1 is 0.548 bits per heavy atom. The number of hydrogen-bond donors (Lipinski definition) is 4.